The molecule has 0 amide bonds. The van der Waals surface area contributed by atoms with Gasteiger partial charge in [0.2, 0.25) is 10.0 Å². The van der Waals surface area contributed by atoms with E-state index in [2.05, 4.69) is 10.0 Å². The largest absolute Gasteiger partial charge is 0.317 e. The van der Waals surface area contributed by atoms with Gasteiger partial charge in [-0.05, 0) is 56.5 Å². The van der Waals surface area contributed by atoms with Crippen LogP contribution in [0.4, 0.5) is 8.78 Å². The third-order valence-electron chi connectivity index (χ3n) is 3.49. The lowest BCUT2D eigenvalue weighted by molar-refractivity contribution is 0.354. The molecule has 1 heterocycles. The van der Waals surface area contributed by atoms with Crippen LogP contribution >= 0.6 is 0 Å². The first-order valence-corrected chi connectivity index (χ1v) is 8.13. The van der Waals surface area contributed by atoms with Crippen LogP contribution in [-0.4, -0.2) is 28.1 Å². The van der Waals surface area contributed by atoms with Gasteiger partial charge in [0.05, 0.1) is 0 Å². The number of benzene rings is 1. The minimum Gasteiger partial charge on any atom is -0.317 e. The zero-order chi connectivity index (χ0) is 14.6. The molecule has 0 spiro atoms. The van der Waals surface area contributed by atoms with Crippen molar-refractivity contribution >= 4 is 10.0 Å². The minimum absolute atomic E-state index is 0.239. The monoisotopic (exact) mass is 304 g/mol. The van der Waals surface area contributed by atoms with E-state index in [0.29, 0.717) is 18.4 Å². The van der Waals surface area contributed by atoms with Crippen LogP contribution in [0.1, 0.15) is 19.3 Å². The zero-order valence-electron chi connectivity index (χ0n) is 11.0. The minimum atomic E-state index is -3.99. The highest BCUT2D eigenvalue weighted by molar-refractivity contribution is 7.89. The summed E-state index contributed by atoms with van der Waals surface area (Å²) in [6.07, 6.45) is 2.73. The van der Waals surface area contributed by atoms with Gasteiger partial charge in [0.1, 0.15) is 16.5 Å². The highest BCUT2D eigenvalue weighted by atomic mass is 32.2. The lowest BCUT2D eigenvalue weighted by Gasteiger charge is -2.22. The Kier molecular flexibility index (Phi) is 5.06. The summed E-state index contributed by atoms with van der Waals surface area (Å²) >= 11 is 0. The topological polar surface area (TPSA) is 58.2 Å². The van der Waals surface area contributed by atoms with Crippen LogP contribution in [0.3, 0.4) is 0 Å². The Morgan fingerprint density at radius 2 is 1.95 bits per heavy atom. The van der Waals surface area contributed by atoms with Crippen molar-refractivity contribution in [3.8, 4) is 0 Å². The van der Waals surface area contributed by atoms with Gasteiger partial charge in [0.15, 0.2) is 0 Å². The molecule has 2 N–H and O–H groups in total. The number of piperidine rings is 1. The van der Waals surface area contributed by atoms with Crippen LogP contribution < -0.4 is 10.0 Å². The summed E-state index contributed by atoms with van der Waals surface area (Å²) in [6, 6.07) is 2.41. The Morgan fingerprint density at radius 3 is 2.65 bits per heavy atom. The van der Waals surface area contributed by atoms with Gasteiger partial charge >= 0.3 is 0 Å². The standard InChI is InChI=1S/C13H18F2N2O2S/c14-11-1-2-12(15)13(9-11)20(18,19)17-8-5-10-3-6-16-7-4-10/h1-2,9-10,16-17H,3-8H2. The first-order chi connectivity index (χ1) is 9.49. The number of hydrogen-bond donors (Lipinski definition) is 2. The van der Waals surface area contributed by atoms with E-state index < -0.39 is 26.6 Å². The molecule has 1 aromatic rings. The summed E-state index contributed by atoms with van der Waals surface area (Å²) in [7, 11) is -3.99. The third kappa shape index (κ3) is 3.97. The van der Waals surface area contributed by atoms with E-state index in [1.807, 2.05) is 0 Å². The molecule has 0 bridgehead atoms. The molecule has 2 rings (SSSR count). The van der Waals surface area contributed by atoms with Crippen molar-refractivity contribution in [1.82, 2.24) is 10.0 Å². The summed E-state index contributed by atoms with van der Waals surface area (Å²) in [4.78, 5) is -0.636. The fraction of sp³-hybridized carbons (Fsp3) is 0.538. The van der Waals surface area contributed by atoms with Crippen molar-refractivity contribution in [2.75, 3.05) is 19.6 Å². The maximum atomic E-state index is 13.5. The highest BCUT2D eigenvalue weighted by Gasteiger charge is 2.20. The Hall–Kier alpha value is -1.05. The Labute approximate surface area is 117 Å². The molecule has 1 aliphatic rings. The van der Waals surface area contributed by atoms with Crippen LogP contribution in [0, 0.1) is 17.6 Å². The van der Waals surface area contributed by atoms with Crippen molar-refractivity contribution < 1.29 is 17.2 Å². The molecule has 0 saturated carbocycles. The molecule has 0 aromatic heterocycles. The summed E-state index contributed by atoms with van der Waals surface area (Å²) < 4.78 is 52.6. The van der Waals surface area contributed by atoms with Crippen molar-refractivity contribution in [1.29, 1.82) is 0 Å². The molecule has 0 unspecified atom stereocenters. The normalized spacial score (nSPS) is 17.3. The van der Waals surface area contributed by atoms with Crippen LogP contribution in [0.2, 0.25) is 0 Å². The molecule has 4 nitrogen and oxygen atoms in total. The fourth-order valence-electron chi connectivity index (χ4n) is 2.33. The smallest absolute Gasteiger partial charge is 0.243 e. The van der Waals surface area contributed by atoms with Crippen LogP contribution in [-0.2, 0) is 10.0 Å². The second-order valence-corrected chi connectivity index (χ2v) is 6.69. The average molecular weight is 304 g/mol. The van der Waals surface area contributed by atoms with Crippen LogP contribution in [0.25, 0.3) is 0 Å². The summed E-state index contributed by atoms with van der Waals surface area (Å²) in [5, 5.41) is 3.23. The summed E-state index contributed by atoms with van der Waals surface area (Å²) in [5.41, 5.74) is 0. The molecule has 1 fully saturated rings. The molecule has 1 aliphatic heterocycles. The predicted molar refractivity (Wildman–Crippen MR) is 71.8 cm³/mol. The quantitative estimate of drug-likeness (QED) is 0.869. The van der Waals surface area contributed by atoms with E-state index in [4.69, 9.17) is 0 Å². The molecule has 0 aliphatic carbocycles. The SMILES string of the molecule is O=S(=O)(NCCC1CCNCC1)c1cc(F)ccc1F. The summed E-state index contributed by atoms with van der Waals surface area (Å²) in [6.45, 7) is 2.12. The lowest BCUT2D eigenvalue weighted by Crippen LogP contribution is -2.31. The molecule has 1 aromatic carbocycles. The molecular weight excluding hydrogens is 286 g/mol. The molecular formula is C13H18F2N2O2S. The summed E-state index contributed by atoms with van der Waals surface area (Å²) in [5.74, 6) is -1.25. The molecule has 0 atom stereocenters. The van der Waals surface area contributed by atoms with Crippen molar-refractivity contribution in [3.05, 3.63) is 29.8 Å². The van der Waals surface area contributed by atoms with E-state index in [9.17, 15) is 17.2 Å². The number of sulfonamides is 1. The number of halogens is 2. The fourth-order valence-corrected chi connectivity index (χ4v) is 3.46. The van der Waals surface area contributed by atoms with Gasteiger partial charge in [-0.1, -0.05) is 0 Å². The number of rotatable bonds is 5. The first-order valence-electron chi connectivity index (χ1n) is 6.64. The van der Waals surface area contributed by atoms with Gasteiger partial charge in [-0.3, -0.25) is 0 Å². The molecule has 7 heteroatoms. The van der Waals surface area contributed by atoms with E-state index in [1.165, 1.54) is 0 Å². The highest BCUT2D eigenvalue weighted by Crippen LogP contribution is 2.17. The second-order valence-electron chi connectivity index (χ2n) is 4.95. The van der Waals surface area contributed by atoms with E-state index >= 15 is 0 Å². The molecule has 1 saturated heterocycles. The zero-order valence-corrected chi connectivity index (χ0v) is 11.8. The van der Waals surface area contributed by atoms with Gasteiger partial charge in [0, 0.05) is 6.54 Å². The van der Waals surface area contributed by atoms with E-state index in [0.717, 1.165) is 38.1 Å². The molecule has 20 heavy (non-hydrogen) atoms. The Balaban J connectivity index is 1.95. The number of hydrogen-bond acceptors (Lipinski definition) is 3. The van der Waals surface area contributed by atoms with Crippen LogP contribution in [0.5, 0.6) is 0 Å². The van der Waals surface area contributed by atoms with Gasteiger partial charge in [-0.25, -0.2) is 21.9 Å². The number of nitrogens with one attached hydrogen (secondary N) is 2. The average Bonchev–Trinajstić information content (AvgIpc) is 2.42. The van der Waals surface area contributed by atoms with Crippen molar-refractivity contribution in [2.24, 2.45) is 5.92 Å². The third-order valence-corrected chi connectivity index (χ3v) is 4.96. The molecule has 0 radical (unpaired) electrons. The van der Waals surface area contributed by atoms with Crippen molar-refractivity contribution in [2.45, 2.75) is 24.2 Å². The van der Waals surface area contributed by atoms with Gasteiger partial charge in [-0.15, -0.1) is 0 Å². The lowest BCUT2D eigenvalue weighted by atomic mass is 9.95. The van der Waals surface area contributed by atoms with Gasteiger partial charge < -0.3 is 5.32 Å². The van der Waals surface area contributed by atoms with Gasteiger partial charge in [-0.2, -0.15) is 0 Å². The molecule has 112 valence electrons. The maximum Gasteiger partial charge on any atom is 0.243 e. The van der Waals surface area contributed by atoms with Gasteiger partial charge in [0.25, 0.3) is 0 Å². The maximum absolute atomic E-state index is 13.5. The Bertz CT molecular complexity index is 557. The predicted octanol–water partition coefficient (Wildman–Crippen LogP) is 1.63. The van der Waals surface area contributed by atoms with Crippen molar-refractivity contribution in [3.63, 3.8) is 0 Å². The van der Waals surface area contributed by atoms with E-state index in [1.54, 1.807) is 0 Å². The van der Waals surface area contributed by atoms with E-state index in [-0.39, 0.29) is 6.54 Å². The second kappa shape index (κ2) is 6.60. The first kappa shape index (κ1) is 15.3. The Morgan fingerprint density at radius 1 is 1.25 bits per heavy atom. The van der Waals surface area contributed by atoms with Crippen LogP contribution in [0.15, 0.2) is 23.1 Å².